The number of hydrogen-bond donors (Lipinski definition) is 2. The molecule has 144 valence electrons. The van der Waals surface area contributed by atoms with Gasteiger partial charge in [0, 0.05) is 19.1 Å². The molecule has 1 aliphatic rings. The molecule has 1 atom stereocenters. The predicted octanol–water partition coefficient (Wildman–Crippen LogP) is 2.32. The summed E-state index contributed by atoms with van der Waals surface area (Å²) in [4.78, 5) is 20.2. The van der Waals surface area contributed by atoms with Gasteiger partial charge in [-0.1, -0.05) is 6.07 Å². The van der Waals surface area contributed by atoms with E-state index < -0.39 is 0 Å². The van der Waals surface area contributed by atoms with E-state index in [9.17, 15) is 15.2 Å². The van der Waals surface area contributed by atoms with Crippen LogP contribution in [0, 0.1) is 18.3 Å². The Kier molecular flexibility index (Phi) is 4.79. The fourth-order valence-corrected chi connectivity index (χ4v) is 4.59. The molecule has 28 heavy (non-hydrogen) atoms. The van der Waals surface area contributed by atoms with Crippen LogP contribution in [0.25, 0.3) is 10.2 Å². The standard InChI is InChI=1S/C20H21N5O2S/c1-12-11-28-18-17(12)23-20(24-6-2-3-15(22)10-24)25(19(18)27)9-13-4-5-16(26)7-14(13)8-21/h4-5,7,11,15,26H,2-3,6,9-10,22H2,1H3/t15-/m1/s1. The lowest BCUT2D eigenvalue weighted by atomic mass is 10.1. The Balaban J connectivity index is 1.89. The molecule has 0 saturated carbocycles. The number of aromatic hydroxyl groups is 1. The van der Waals surface area contributed by atoms with Crippen molar-refractivity contribution in [3.05, 3.63) is 50.6 Å². The van der Waals surface area contributed by atoms with Crippen LogP contribution in [-0.4, -0.2) is 33.8 Å². The average molecular weight is 395 g/mol. The van der Waals surface area contributed by atoms with Gasteiger partial charge in [0.25, 0.3) is 5.56 Å². The van der Waals surface area contributed by atoms with Gasteiger partial charge in [0.1, 0.15) is 10.4 Å². The minimum Gasteiger partial charge on any atom is -0.508 e. The Hall–Kier alpha value is -2.89. The molecule has 0 aliphatic carbocycles. The van der Waals surface area contributed by atoms with Crippen LogP contribution in [-0.2, 0) is 6.54 Å². The molecular weight excluding hydrogens is 374 g/mol. The van der Waals surface area contributed by atoms with E-state index in [1.165, 1.54) is 23.5 Å². The fourth-order valence-electron chi connectivity index (χ4n) is 3.65. The summed E-state index contributed by atoms with van der Waals surface area (Å²) >= 11 is 1.39. The van der Waals surface area contributed by atoms with Crippen LogP contribution in [0.4, 0.5) is 5.95 Å². The van der Waals surface area contributed by atoms with Crippen molar-refractivity contribution in [3.63, 3.8) is 0 Å². The number of phenols is 1. The summed E-state index contributed by atoms with van der Waals surface area (Å²) in [6, 6.07) is 6.76. The van der Waals surface area contributed by atoms with Crippen molar-refractivity contribution in [2.24, 2.45) is 5.73 Å². The molecule has 3 aromatic rings. The number of thiophene rings is 1. The van der Waals surface area contributed by atoms with E-state index in [2.05, 4.69) is 11.0 Å². The van der Waals surface area contributed by atoms with Gasteiger partial charge in [0.2, 0.25) is 5.95 Å². The van der Waals surface area contributed by atoms with Crippen LogP contribution in [0.2, 0.25) is 0 Å². The second-order valence-electron chi connectivity index (χ2n) is 7.20. The van der Waals surface area contributed by atoms with Gasteiger partial charge in [0.15, 0.2) is 0 Å². The summed E-state index contributed by atoms with van der Waals surface area (Å²) in [6.07, 6.45) is 1.90. The SMILES string of the molecule is Cc1csc2c(=O)n(Cc3ccc(O)cc3C#N)c(N3CCC[C@@H](N)C3)nc12. The topological polar surface area (TPSA) is 108 Å². The molecule has 7 nitrogen and oxygen atoms in total. The highest BCUT2D eigenvalue weighted by molar-refractivity contribution is 7.17. The summed E-state index contributed by atoms with van der Waals surface area (Å²) in [5.74, 6) is 0.614. The van der Waals surface area contributed by atoms with Crippen LogP contribution in [0.15, 0.2) is 28.4 Å². The number of aryl methyl sites for hydroxylation is 1. The third-order valence-corrected chi connectivity index (χ3v) is 6.19. The molecule has 1 aliphatic heterocycles. The molecule has 8 heteroatoms. The van der Waals surface area contributed by atoms with Gasteiger partial charge in [-0.25, -0.2) is 4.98 Å². The molecule has 1 aromatic carbocycles. The predicted molar refractivity (Wildman–Crippen MR) is 110 cm³/mol. The maximum Gasteiger partial charge on any atom is 0.273 e. The third-order valence-electron chi connectivity index (χ3n) is 5.12. The van der Waals surface area contributed by atoms with Crippen molar-refractivity contribution < 1.29 is 5.11 Å². The Bertz CT molecular complexity index is 1140. The molecule has 1 saturated heterocycles. The van der Waals surface area contributed by atoms with E-state index >= 15 is 0 Å². The molecule has 0 amide bonds. The fraction of sp³-hybridized carbons (Fsp3) is 0.350. The monoisotopic (exact) mass is 395 g/mol. The minimum absolute atomic E-state index is 0.0253. The number of nitrogens with two attached hydrogens (primary N) is 1. The van der Waals surface area contributed by atoms with Crippen molar-refractivity contribution in [1.82, 2.24) is 9.55 Å². The van der Waals surface area contributed by atoms with Crippen LogP contribution in [0.1, 0.15) is 29.5 Å². The van der Waals surface area contributed by atoms with Crippen molar-refractivity contribution in [2.45, 2.75) is 32.4 Å². The van der Waals surface area contributed by atoms with Gasteiger partial charge in [-0.2, -0.15) is 5.26 Å². The molecule has 0 unspecified atom stereocenters. The van der Waals surface area contributed by atoms with E-state index in [0.29, 0.717) is 28.3 Å². The van der Waals surface area contributed by atoms with Crippen LogP contribution in [0.3, 0.4) is 0 Å². The number of nitriles is 1. The van der Waals surface area contributed by atoms with Crippen LogP contribution < -0.4 is 16.2 Å². The van der Waals surface area contributed by atoms with E-state index in [1.54, 1.807) is 10.6 Å². The largest absolute Gasteiger partial charge is 0.508 e. The van der Waals surface area contributed by atoms with E-state index in [1.807, 2.05) is 12.3 Å². The average Bonchev–Trinajstić information content (AvgIpc) is 3.06. The number of phenolic OH excluding ortho intramolecular Hbond substituents is 1. The highest BCUT2D eigenvalue weighted by Crippen LogP contribution is 2.26. The summed E-state index contributed by atoms with van der Waals surface area (Å²) in [5.41, 5.74) is 8.76. The lowest BCUT2D eigenvalue weighted by Crippen LogP contribution is -2.45. The molecule has 3 N–H and O–H groups in total. The number of nitrogens with zero attached hydrogens (tertiary/aromatic N) is 4. The van der Waals surface area contributed by atoms with Crippen LogP contribution >= 0.6 is 11.3 Å². The van der Waals surface area contributed by atoms with Crippen molar-refractivity contribution in [2.75, 3.05) is 18.0 Å². The zero-order valence-electron chi connectivity index (χ0n) is 15.6. The van der Waals surface area contributed by atoms with Crippen molar-refractivity contribution >= 4 is 27.5 Å². The van der Waals surface area contributed by atoms with Gasteiger partial charge < -0.3 is 15.7 Å². The summed E-state index contributed by atoms with van der Waals surface area (Å²) in [6.45, 7) is 3.59. The minimum atomic E-state index is -0.116. The van der Waals surface area contributed by atoms with Crippen LogP contribution in [0.5, 0.6) is 5.75 Å². The second kappa shape index (κ2) is 7.26. The zero-order chi connectivity index (χ0) is 19.8. The number of aromatic nitrogens is 2. The second-order valence-corrected chi connectivity index (χ2v) is 8.08. The molecular formula is C20H21N5O2S. The highest BCUT2D eigenvalue weighted by atomic mass is 32.1. The molecule has 1 fully saturated rings. The number of hydrogen-bond acceptors (Lipinski definition) is 7. The maximum atomic E-state index is 13.3. The first-order valence-electron chi connectivity index (χ1n) is 9.19. The molecule has 0 bridgehead atoms. The van der Waals surface area contributed by atoms with Crippen molar-refractivity contribution in [1.29, 1.82) is 5.26 Å². The number of fused-ring (bicyclic) bond motifs is 1. The first-order chi connectivity index (χ1) is 13.5. The Morgan fingerprint density at radius 1 is 1.46 bits per heavy atom. The lowest BCUT2D eigenvalue weighted by Gasteiger charge is -2.33. The number of rotatable bonds is 3. The normalized spacial score (nSPS) is 17.0. The van der Waals surface area contributed by atoms with Gasteiger partial charge in [-0.3, -0.25) is 9.36 Å². The first kappa shape index (κ1) is 18.5. The van der Waals surface area contributed by atoms with Crippen molar-refractivity contribution in [3.8, 4) is 11.8 Å². The molecule has 4 rings (SSSR count). The number of benzene rings is 1. The van der Waals surface area contributed by atoms with E-state index in [-0.39, 0.29) is 23.9 Å². The Labute approximate surface area is 166 Å². The molecule has 0 radical (unpaired) electrons. The lowest BCUT2D eigenvalue weighted by molar-refractivity contribution is 0.474. The van der Waals surface area contributed by atoms with E-state index in [0.717, 1.165) is 30.5 Å². The van der Waals surface area contributed by atoms with Gasteiger partial charge in [0.05, 0.1) is 23.7 Å². The molecule has 2 aromatic heterocycles. The Morgan fingerprint density at radius 3 is 3.04 bits per heavy atom. The number of anilines is 1. The Morgan fingerprint density at radius 2 is 2.29 bits per heavy atom. The summed E-state index contributed by atoms with van der Waals surface area (Å²) < 4.78 is 2.24. The highest BCUT2D eigenvalue weighted by Gasteiger charge is 2.24. The van der Waals surface area contributed by atoms with Gasteiger partial charge in [-0.15, -0.1) is 11.3 Å². The maximum absolute atomic E-state index is 13.3. The first-order valence-corrected chi connectivity index (χ1v) is 10.1. The quantitative estimate of drug-likeness (QED) is 0.705. The summed E-state index contributed by atoms with van der Waals surface area (Å²) in [5, 5.41) is 21.0. The molecule has 0 spiro atoms. The number of piperidine rings is 1. The van der Waals surface area contributed by atoms with Gasteiger partial charge in [-0.05, 0) is 48.4 Å². The zero-order valence-corrected chi connectivity index (χ0v) is 16.4. The summed E-state index contributed by atoms with van der Waals surface area (Å²) in [7, 11) is 0. The molecule has 3 heterocycles. The smallest absolute Gasteiger partial charge is 0.273 e. The van der Waals surface area contributed by atoms with E-state index in [4.69, 9.17) is 10.7 Å². The van der Waals surface area contributed by atoms with Gasteiger partial charge >= 0.3 is 0 Å². The third kappa shape index (κ3) is 3.23.